The Morgan fingerprint density at radius 2 is 2.04 bits per heavy atom. The first-order chi connectivity index (χ1) is 10.5. The minimum absolute atomic E-state index is 0.0195. The normalized spacial score (nSPS) is 21.1. The van der Waals surface area contributed by atoms with Crippen LogP contribution in [0.25, 0.3) is 0 Å². The molecule has 0 radical (unpaired) electrons. The van der Waals surface area contributed by atoms with Gasteiger partial charge in [-0.05, 0) is 39.0 Å². The van der Waals surface area contributed by atoms with Crippen molar-refractivity contribution in [3.63, 3.8) is 0 Å². The predicted octanol–water partition coefficient (Wildman–Crippen LogP) is 1.74. The van der Waals surface area contributed by atoms with Crippen LogP contribution in [0.1, 0.15) is 31.1 Å². The van der Waals surface area contributed by atoms with E-state index in [0.29, 0.717) is 18.7 Å². The number of morpholine rings is 1. The standard InChI is InChI=1S/C16H23NO5S/c1-11-9-22-16(2,3)10-17(11)15(18)12-6-7-13(21-4)14(8-12)23(5,19)20/h6-8,11H,9-10H2,1-5H3/t11-/m0/s1. The Morgan fingerprint density at radius 3 is 2.61 bits per heavy atom. The third-order valence-corrected chi connectivity index (χ3v) is 4.99. The number of hydrogen-bond donors (Lipinski definition) is 0. The lowest BCUT2D eigenvalue weighted by Crippen LogP contribution is -2.55. The second-order valence-electron chi connectivity index (χ2n) is 6.49. The molecule has 0 spiro atoms. The highest BCUT2D eigenvalue weighted by Gasteiger charge is 2.35. The van der Waals surface area contributed by atoms with Crippen LogP contribution in [0.5, 0.6) is 5.75 Å². The minimum Gasteiger partial charge on any atom is -0.495 e. The fourth-order valence-corrected chi connectivity index (χ4v) is 3.44. The van der Waals surface area contributed by atoms with Gasteiger partial charge in [0.05, 0.1) is 25.4 Å². The van der Waals surface area contributed by atoms with Gasteiger partial charge in [-0.2, -0.15) is 0 Å². The largest absolute Gasteiger partial charge is 0.495 e. The lowest BCUT2D eigenvalue weighted by Gasteiger charge is -2.42. The monoisotopic (exact) mass is 341 g/mol. The van der Waals surface area contributed by atoms with E-state index in [4.69, 9.17) is 9.47 Å². The molecule has 1 aromatic rings. The highest BCUT2D eigenvalue weighted by Crippen LogP contribution is 2.27. The summed E-state index contributed by atoms with van der Waals surface area (Å²) >= 11 is 0. The van der Waals surface area contributed by atoms with Crippen molar-refractivity contribution in [2.45, 2.75) is 37.3 Å². The average molecular weight is 341 g/mol. The molecule has 1 aliphatic rings. The first-order valence-electron chi connectivity index (χ1n) is 7.38. The van der Waals surface area contributed by atoms with Gasteiger partial charge in [0.25, 0.3) is 5.91 Å². The molecule has 1 saturated heterocycles. The first kappa shape index (κ1) is 17.7. The van der Waals surface area contributed by atoms with Crippen molar-refractivity contribution in [3.8, 4) is 5.75 Å². The predicted molar refractivity (Wildman–Crippen MR) is 86.6 cm³/mol. The topological polar surface area (TPSA) is 72.9 Å². The van der Waals surface area contributed by atoms with Crippen LogP contribution in [0.15, 0.2) is 23.1 Å². The molecule has 1 fully saturated rings. The molecule has 1 aromatic carbocycles. The van der Waals surface area contributed by atoms with E-state index in [1.54, 1.807) is 11.0 Å². The number of carbonyl (C=O) groups is 1. The summed E-state index contributed by atoms with van der Waals surface area (Å²) in [4.78, 5) is 14.6. The van der Waals surface area contributed by atoms with Gasteiger partial charge in [0.2, 0.25) is 0 Å². The van der Waals surface area contributed by atoms with Crippen molar-refractivity contribution >= 4 is 15.7 Å². The van der Waals surface area contributed by atoms with E-state index in [-0.39, 0.29) is 22.6 Å². The van der Waals surface area contributed by atoms with Crippen LogP contribution < -0.4 is 4.74 Å². The zero-order valence-electron chi connectivity index (χ0n) is 14.1. The highest BCUT2D eigenvalue weighted by molar-refractivity contribution is 7.90. The SMILES string of the molecule is COc1ccc(C(=O)N2CC(C)(C)OC[C@@H]2C)cc1S(C)(=O)=O. The molecule has 0 aliphatic carbocycles. The fraction of sp³-hybridized carbons (Fsp3) is 0.562. The Hall–Kier alpha value is -1.60. The third kappa shape index (κ3) is 3.84. The van der Waals surface area contributed by atoms with Crippen LogP contribution in [-0.4, -0.2) is 57.4 Å². The summed E-state index contributed by atoms with van der Waals surface area (Å²) in [6.07, 6.45) is 1.10. The van der Waals surface area contributed by atoms with Crippen LogP contribution >= 0.6 is 0 Å². The Labute approximate surface area is 137 Å². The van der Waals surface area contributed by atoms with Crippen molar-refractivity contribution < 1.29 is 22.7 Å². The Kier molecular flexibility index (Phi) is 4.73. The molecule has 1 atom stereocenters. The molecule has 0 unspecified atom stereocenters. The van der Waals surface area contributed by atoms with Crippen molar-refractivity contribution in [1.29, 1.82) is 0 Å². The van der Waals surface area contributed by atoms with E-state index >= 15 is 0 Å². The van der Waals surface area contributed by atoms with Crippen LogP contribution in [0, 0.1) is 0 Å². The quantitative estimate of drug-likeness (QED) is 0.837. The van der Waals surface area contributed by atoms with Crippen molar-refractivity contribution in [1.82, 2.24) is 4.90 Å². The zero-order valence-corrected chi connectivity index (χ0v) is 14.9. The number of ether oxygens (including phenoxy) is 2. The summed E-state index contributed by atoms with van der Waals surface area (Å²) in [6, 6.07) is 4.41. The molecule has 7 heteroatoms. The van der Waals surface area contributed by atoms with Gasteiger partial charge < -0.3 is 14.4 Å². The maximum absolute atomic E-state index is 12.8. The molecule has 6 nitrogen and oxygen atoms in total. The number of benzene rings is 1. The Morgan fingerprint density at radius 1 is 1.39 bits per heavy atom. The first-order valence-corrected chi connectivity index (χ1v) is 9.27. The summed E-state index contributed by atoms with van der Waals surface area (Å²) in [5.74, 6) is 0.0285. The van der Waals surface area contributed by atoms with Gasteiger partial charge in [0, 0.05) is 18.4 Å². The molecule has 0 aromatic heterocycles. The fourth-order valence-electron chi connectivity index (χ4n) is 2.59. The molecule has 0 N–H and O–H groups in total. The summed E-state index contributed by atoms with van der Waals surface area (Å²) < 4.78 is 34.6. The van der Waals surface area contributed by atoms with Gasteiger partial charge in [-0.1, -0.05) is 0 Å². The van der Waals surface area contributed by atoms with Crippen LogP contribution in [-0.2, 0) is 14.6 Å². The lowest BCUT2D eigenvalue weighted by atomic mass is 10.0. The third-order valence-electron chi connectivity index (χ3n) is 3.87. The van der Waals surface area contributed by atoms with Crippen molar-refractivity contribution in [2.24, 2.45) is 0 Å². The molecular weight excluding hydrogens is 318 g/mol. The number of hydrogen-bond acceptors (Lipinski definition) is 5. The van der Waals surface area contributed by atoms with E-state index in [0.717, 1.165) is 6.26 Å². The van der Waals surface area contributed by atoms with Gasteiger partial charge in [0.1, 0.15) is 10.6 Å². The molecule has 1 amide bonds. The minimum atomic E-state index is -3.49. The van der Waals surface area contributed by atoms with E-state index in [9.17, 15) is 13.2 Å². The number of methoxy groups -OCH3 is 1. The molecule has 1 aliphatic heterocycles. The summed E-state index contributed by atoms with van der Waals surface area (Å²) in [5, 5.41) is 0. The van der Waals surface area contributed by atoms with Gasteiger partial charge in [-0.15, -0.1) is 0 Å². The summed E-state index contributed by atoms with van der Waals surface area (Å²) in [7, 11) is -2.09. The molecule has 2 rings (SSSR count). The van der Waals surface area contributed by atoms with E-state index in [1.165, 1.54) is 19.2 Å². The number of amides is 1. The Balaban J connectivity index is 2.40. The molecule has 128 valence electrons. The van der Waals surface area contributed by atoms with Gasteiger partial charge in [-0.25, -0.2) is 8.42 Å². The van der Waals surface area contributed by atoms with Crippen LogP contribution in [0.4, 0.5) is 0 Å². The van der Waals surface area contributed by atoms with E-state index in [1.807, 2.05) is 20.8 Å². The second-order valence-corrected chi connectivity index (χ2v) is 8.47. The second kappa shape index (κ2) is 6.13. The lowest BCUT2D eigenvalue weighted by molar-refractivity contribution is -0.0980. The number of rotatable bonds is 3. The molecule has 23 heavy (non-hydrogen) atoms. The number of sulfone groups is 1. The summed E-state index contributed by atoms with van der Waals surface area (Å²) in [6.45, 7) is 6.67. The van der Waals surface area contributed by atoms with Gasteiger partial charge in [0.15, 0.2) is 9.84 Å². The van der Waals surface area contributed by atoms with Crippen molar-refractivity contribution in [3.05, 3.63) is 23.8 Å². The molecular formula is C16H23NO5S. The number of nitrogens with zero attached hydrogens (tertiary/aromatic N) is 1. The van der Waals surface area contributed by atoms with E-state index in [2.05, 4.69) is 0 Å². The number of carbonyl (C=O) groups excluding carboxylic acids is 1. The summed E-state index contributed by atoms with van der Waals surface area (Å²) in [5.41, 5.74) is -0.0929. The average Bonchev–Trinajstić information content (AvgIpc) is 2.47. The van der Waals surface area contributed by atoms with Crippen LogP contribution in [0.2, 0.25) is 0 Å². The Bertz CT molecular complexity index is 711. The maximum Gasteiger partial charge on any atom is 0.254 e. The van der Waals surface area contributed by atoms with Gasteiger partial charge >= 0.3 is 0 Å². The molecule has 0 saturated carbocycles. The smallest absolute Gasteiger partial charge is 0.254 e. The molecule has 0 bridgehead atoms. The zero-order chi connectivity index (χ0) is 17.4. The van der Waals surface area contributed by atoms with Crippen LogP contribution in [0.3, 0.4) is 0 Å². The van der Waals surface area contributed by atoms with E-state index < -0.39 is 15.4 Å². The molecule has 1 heterocycles. The maximum atomic E-state index is 12.8. The van der Waals surface area contributed by atoms with Crippen molar-refractivity contribution in [2.75, 3.05) is 26.5 Å². The van der Waals surface area contributed by atoms with Gasteiger partial charge in [-0.3, -0.25) is 4.79 Å². The highest BCUT2D eigenvalue weighted by atomic mass is 32.2.